The van der Waals surface area contributed by atoms with E-state index in [-0.39, 0.29) is 12.1 Å². The van der Waals surface area contributed by atoms with E-state index in [1.807, 2.05) is 38.1 Å². The molecule has 0 aliphatic heterocycles. The van der Waals surface area contributed by atoms with Crippen LogP contribution in [0.3, 0.4) is 0 Å². The van der Waals surface area contributed by atoms with E-state index in [0.717, 1.165) is 24.2 Å². The second kappa shape index (κ2) is 7.91. The molecule has 2 N–H and O–H groups in total. The molecule has 2 rings (SSSR count). The fraction of sp³-hybridized carbons (Fsp3) is 0.588. The number of carbonyl (C=O) groups excluding carboxylic acids is 1. The average molecular weight is 290 g/mol. The molecule has 0 unspecified atom stereocenters. The normalized spacial score (nSPS) is 15.8. The van der Waals surface area contributed by atoms with E-state index in [9.17, 15) is 4.79 Å². The first-order valence-electron chi connectivity index (χ1n) is 7.93. The molecule has 1 saturated carbocycles. The molecule has 1 aliphatic rings. The number of ether oxygens (including phenoxy) is 1. The smallest absolute Gasteiger partial charge is 0.315 e. The summed E-state index contributed by atoms with van der Waals surface area (Å²) in [4.78, 5) is 11.9. The predicted molar refractivity (Wildman–Crippen MR) is 84.5 cm³/mol. The molecule has 0 atom stereocenters. The molecule has 4 nitrogen and oxygen atoms in total. The van der Waals surface area contributed by atoms with Crippen molar-refractivity contribution in [2.45, 2.75) is 64.6 Å². The number of urea groups is 1. The Morgan fingerprint density at radius 3 is 2.76 bits per heavy atom. The highest BCUT2D eigenvalue weighted by Crippen LogP contribution is 2.17. The van der Waals surface area contributed by atoms with Crippen LogP contribution in [-0.2, 0) is 6.54 Å². The lowest BCUT2D eigenvalue weighted by Crippen LogP contribution is -2.42. The molecule has 116 valence electrons. The van der Waals surface area contributed by atoms with Gasteiger partial charge in [-0.25, -0.2) is 4.79 Å². The predicted octanol–water partition coefficient (Wildman–Crippen LogP) is 3.61. The molecule has 1 aromatic carbocycles. The highest BCUT2D eigenvalue weighted by molar-refractivity contribution is 5.74. The molecule has 0 radical (unpaired) electrons. The summed E-state index contributed by atoms with van der Waals surface area (Å²) in [7, 11) is 0. The van der Waals surface area contributed by atoms with E-state index in [4.69, 9.17) is 4.74 Å². The van der Waals surface area contributed by atoms with E-state index in [2.05, 4.69) is 10.6 Å². The lowest BCUT2D eigenvalue weighted by Gasteiger charge is -2.22. The van der Waals surface area contributed by atoms with E-state index >= 15 is 0 Å². The Kier molecular flexibility index (Phi) is 5.90. The fourth-order valence-corrected chi connectivity index (χ4v) is 2.67. The molecule has 21 heavy (non-hydrogen) atoms. The first-order valence-corrected chi connectivity index (χ1v) is 7.93. The molecule has 0 bridgehead atoms. The minimum absolute atomic E-state index is 0.0721. The van der Waals surface area contributed by atoms with Crippen LogP contribution in [0.15, 0.2) is 24.3 Å². The largest absolute Gasteiger partial charge is 0.491 e. The van der Waals surface area contributed by atoms with Gasteiger partial charge in [0.2, 0.25) is 0 Å². The third-order valence-corrected chi connectivity index (χ3v) is 3.66. The van der Waals surface area contributed by atoms with Gasteiger partial charge in [0.15, 0.2) is 0 Å². The van der Waals surface area contributed by atoms with Crippen LogP contribution in [0.1, 0.15) is 51.5 Å². The molecule has 0 spiro atoms. The average Bonchev–Trinajstić information content (AvgIpc) is 2.46. The van der Waals surface area contributed by atoms with Crippen LogP contribution in [0.4, 0.5) is 4.79 Å². The van der Waals surface area contributed by atoms with E-state index in [1.165, 1.54) is 19.3 Å². The Balaban J connectivity index is 1.77. The lowest BCUT2D eigenvalue weighted by molar-refractivity contribution is 0.232. The van der Waals surface area contributed by atoms with Gasteiger partial charge in [-0.1, -0.05) is 31.4 Å². The monoisotopic (exact) mass is 290 g/mol. The number of hydrogen-bond acceptors (Lipinski definition) is 2. The molecule has 2 amide bonds. The van der Waals surface area contributed by atoms with Crippen molar-refractivity contribution in [2.24, 2.45) is 0 Å². The molecule has 1 aromatic rings. The maximum atomic E-state index is 11.9. The number of carbonyl (C=O) groups is 1. The Labute approximate surface area is 127 Å². The van der Waals surface area contributed by atoms with Gasteiger partial charge >= 0.3 is 6.03 Å². The van der Waals surface area contributed by atoms with Gasteiger partial charge in [0.25, 0.3) is 0 Å². The minimum Gasteiger partial charge on any atom is -0.491 e. The van der Waals surface area contributed by atoms with Crippen molar-refractivity contribution < 1.29 is 9.53 Å². The third kappa shape index (κ3) is 5.66. The van der Waals surface area contributed by atoms with Crippen molar-refractivity contribution in [1.82, 2.24) is 10.6 Å². The molecule has 0 heterocycles. The summed E-state index contributed by atoms with van der Waals surface area (Å²) >= 11 is 0. The first kappa shape index (κ1) is 15.7. The van der Waals surface area contributed by atoms with Crippen molar-refractivity contribution >= 4 is 6.03 Å². The Bertz CT molecular complexity index is 454. The fourth-order valence-electron chi connectivity index (χ4n) is 2.67. The minimum atomic E-state index is -0.0721. The number of amides is 2. The topological polar surface area (TPSA) is 50.4 Å². The summed E-state index contributed by atoms with van der Waals surface area (Å²) in [6, 6.07) is 8.13. The van der Waals surface area contributed by atoms with Gasteiger partial charge in [-0.05, 0) is 44.4 Å². The quantitative estimate of drug-likeness (QED) is 0.870. The Hall–Kier alpha value is -1.71. The van der Waals surface area contributed by atoms with Crippen LogP contribution in [0, 0.1) is 0 Å². The molecule has 1 fully saturated rings. The van der Waals surface area contributed by atoms with E-state index in [0.29, 0.717) is 12.6 Å². The highest BCUT2D eigenvalue weighted by Gasteiger charge is 2.15. The maximum absolute atomic E-state index is 11.9. The second-order valence-corrected chi connectivity index (χ2v) is 5.98. The zero-order valence-electron chi connectivity index (χ0n) is 13.0. The number of nitrogens with one attached hydrogen (secondary N) is 2. The van der Waals surface area contributed by atoms with Gasteiger partial charge < -0.3 is 15.4 Å². The lowest BCUT2D eigenvalue weighted by atomic mass is 9.96. The van der Waals surface area contributed by atoms with Crippen molar-refractivity contribution in [3.05, 3.63) is 29.8 Å². The molecular formula is C17H26N2O2. The summed E-state index contributed by atoms with van der Waals surface area (Å²) in [6.45, 7) is 4.53. The molecule has 0 saturated heterocycles. The van der Waals surface area contributed by atoms with Crippen LogP contribution in [0.5, 0.6) is 5.75 Å². The van der Waals surface area contributed by atoms with Crippen LogP contribution in [-0.4, -0.2) is 18.2 Å². The standard InChI is InChI=1S/C17H26N2O2/c1-13(2)21-16-10-6-7-14(11-16)12-18-17(20)19-15-8-4-3-5-9-15/h6-7,10-11,13,15H,3-5,8-9,12H2,1-2H3,(H2,18,19,20). The Morgan fingerprint density at radius 2 is 2.05 bits per heavy atom. The molecular weight excluding hydrogens is 264 g/mol. The van der Waals surface area contributed by atoms with Gasteiger partial charge in [-0.15, -0.1) is 0 Å². The van der Waals surface area contributed by atoms with Gasteiger partial charge in [-0.3, -0.25) is 0 Å². The highest BCUT2D eigenvalue weighted by atomic mass is 16.5. The SMILES string of the molecule is CC(C)Oc1cccc(CNC(=O)NC2CCCCC2)c1. The second-order valence-electron chi connectivity index (χ2n) is 5.98. The van der Waals surface area contributed by atoms with Gasteiger partial charge in [0.1, 0.15) is 5.75 Å². The van der Waals surface area contributed by atoms with E-state index in [1.54, 1.807) is 0 Å². The molecule has 4 heteroatoms. The van der Waals surface area contributed by atoms with Crippen LogP contribution in [0.25, 0.3) is 0 Å². The summed E-state index contributed by atoms with van der Waals surface area (Å²) < 4.78 is 5.65. The van der Waals surface area contributed by atoms with Gasteiger partial charge in [0.05, 0.1) is 6.10 Å². The van der Waals surface area contributed by atoms with Crippen LogP contribution < -0.4 is 15.4 Å². The van der Waals surface area contributed by atoms with E-state index < -0.39 is 0 Å². The van der Waals surface area contributed by atoms with Crippen LogP contribution >= 0.6 is 0 Å². The third-order valence-electron chi connectivity index (χ3n) is 3.66. The molecule has 0 aromatic heterocycles. The maximum Gasteiger partial charge on any atom is 0.315 e. The van der Waals surface area contributed by atoms with Crippen molar-refractivity contribution in [3.8, 4) is 5.75 Å². The van der Waals surface area contributed by atoms with Crippen molar-refractivity contribution in [1.29, 1.82) is 0 Å². The Morgan fingerprint density at radius 1 is 1.29 bits per heavy atom. The summed E-state index contributed by atoms with van der Waals surface area (Å²) in [5.74, 6) is 0.844. The summed E-state index contributed by atoms with van der Waals surface area (Å²) in [6.07, 6.45) is 6.10. The zero-order valence-corrected chi connectivity index (χ0v) is 13.0. The number of rotatable bonds is 5. The number of benzene rings is 1. The molecule has 1 aliphatic carbocycles. The number of hydrogen-bond donors (Lipinski definition) is 2. The van der Waals surface area contributed by atoms with Crippen LogP contribution in [0.2, 0.25) is 0 Å². The van der Waals surface area contributed by atoms with Gasteiger partial charge in [-0.2, -0.15) is 0 Å². The first-order chi connectivity index (χ1) is 10.1. The summed E-state index contributed by atoms with van der Waals surface area (Å²) in [5, 5.41) is 5.98. The van der Waals surface area contributed by atoms with Crippen molar-refractivity contribution in [2.75, 3.05) is 0 Å². The van der Waals surface area contributed by atoms with Crippen molar-refractivity contribution in [3.63, 3.8) is 0 Å². The zero-order chi connectivity index (χ0) is 15.1. The van der Waals surface area contributed by atoms with Gasteiger partial charge in [0, 0.05) is 12.6 Å². The summed E-state index contributed by atoms with van der Waals surface area (Å²) in [5.41, 5.74) is 1.05.